The van der Waals surface area contributed by atoms with Crippen LogP contribution in [0.15, 0.2) is 52.9 Å². The van der Waals surface area contributed by atoms with Crippen LogP contribution in [0.1, 0.15) is 68.4 Å². The van der Waals surface area contributed by atoms with Crippen molar-refractivity contribution in [3.05, 3.63) is 65.5 Å². The predicted molar refractivity (Wildman–Crippen MR) is 136 cm³/mol. The summed E-state index contributed by atoms with van der Waals surface area (Å²) in [7, 11) is 0. The van der Waals surface area contributed by atoms with E-state index in [0.717, 1.165) is 91.7 Å². The fourth-order valence-corrected chi connectivity index (χ4v) is 6.96. The molecule has 7 rings (SSSR count). The number of hydrogen-bond donors (Lipinski definition) is 0. The Morgan fingerprint density at radius 1 is 1.06 bits per heavy atom. The molecule has 0 spiro atoms. The van der Waals surface area contributed by atoms with Gasteiger partial charge in [-0.05, 0) is 43.0 Å². The lowest BCUT2D eigenvalue weighted by atomic mass is 9.74. The van der Waals surface area contributed by atoms with E-state index in [-0.39, 0.29) is 24.5 Å². The average Bonchev–Trinajstić information content (AvgIpc) is 3.09. The number of aromatic nitrogens is 1. The minimum absolute atomic E-state index is 0. The summed E-state index contributed by atoms with van der Waals surface area (Å²) in [5.41, 5.74) is 3.62. The van der Waals surface area contributed by atoms with E-state index >= 15 is 0 Å². The van der Waals surface area contributed by atoms with E-state index in [4.69, 9.17) is 14.1 Å². The van der Waals surface area contributed by atoms with E-state index < -0.39 is 5.41 Å². The van der Waals surface area contributed by atoms with Crippen molar-refractivity contribution in [1.29, 1.82) is 0 Å². The number of esters is 1. The van der Waals surface area contributed by atoms with E-state index in [1.54, 1.807) is 0 Å². The van der Waals surface area contributed by atoms with E-state index in [0.29, 0.717) is 5.92 Å². The molecule has 1 atom stereocenters. The Kier molecular flexibility index (Phi) is 7.15. The maximum absolute atomic E-state index is 14.0. The van der Waals surface area contributed by atoms with Gasteiger partial charge in [-0.3, -0.25) is 4.79 Å². The molecule has 0 N–H and O–H groups in total. The number of fused-ring (bicyclic) bond motifs is 4. The van der Waals surface area contributed by atoms with Crippen LogP contribution < -0.4 is 12.4 Å². The second-order valence-corrected chi connectivity index (χ2v) is 11.4. The second kappa shape index (κ2) is 10.2. The van der Waals surface area contributed by atoms with Crippen molar-refractivity contribution < 1.29 is 30.8 Å². The molecule has 0 radical (unpaired) electrons. The van der Waals surface area contributed by atoms with E-state index in [1.807, 2.05) is 12.1 Å². The maximum atomic E-state index is 14.0. The molecule has 3 saturated heterocycles. The van der Waals surface area contributed by atoms with Crippen LogP contribution in [0.5, 0.6) is 0 Å². The zero-order valence-electron chi connectivity index (χ0n) is 21.3. The maximum Gasteiger partial charge on any atom is 0.317 e. The molecule has 4 aliphatic rings. The van der Waals surface area contributed by atoms with Crippen LogP contribution in [0.25, 0.3) is 11.1 Å². The Morgan fingerprint density at radius 3 is 2.50 bits per heavy atom. The number of halogens is 1. The molecule has 4 fully saturated rings. The van der Waals surface area contributed by atoms with Crippen molar-refractivity contribution >= 4 is 17.1 Å². The van der Waals surface area contributed by atoms with Crippen LogP contribution in [0.3, 0.4) is 0 Å². The van der Waals surface area contributed by atoms with Gasteiger partial charge in [0.15, 0.2) is 18.2 Å². The van der Waals surface area contributed by atoms with Gasteiger partial charge >= 0.3 is 5.97 Å². The molecule has 6 heteroatoms. The molecule has 2 aromatic carbocycles. The van der Waals surface area contributed by atoms with Gasteiger partial charge in [0.05, 0.1) is 18.5 Å². The molecule has 1 aliphatic carbocycles. The van der Waals surface area contributed by atoms with Crippen LogP contribution in [0.4, 0.5) is 0 Å². The number of quaternary nitrogens is 1. The summed E-state index contributed by atoms with van der Waals surface area (Å²) in [6.45, 7) is 5.95. The molecule has 4 heterocycles. The molecule has 0 amide bonds. The number of oxazole rings is 1. The number of nitrogens with zero attached hydrogens (tertiary/aromatic N) is 2. The molecule has 3 aromatic rings. The lowest BCUT2D eigenvalue weighted by molar-refractivity contribution is -0.959. The van der Waals surface area contributed by atoms with Crippen LogP contribution in [-0.2, 0) is 21.5 Å². The Hall–Kier alpha value is -2.37. The molecule has 2 bridgehead atoms. The first-order valence-electron chi connectivity index (χ1n) is 13.5. The Morgan fingerprint density at radius 2 is 1.78 bits per heavy atom. The number of hydrogen-bond acceptors (Lipinski definition) is 4. The fraction of sp³-hybridized carbons (Fsp3) is 0.533. The summed E-state index contributed by atoms with van der Waals surface area (Å²) in [5.74, 6) is 1.30. The predicted octanol–water partition coefficient (Wildman–Crippen LogP) is 3.08. The van der Waals surface area contributed by atoms with Crippen LogP contribution in [0, 0.1) is 12.8 Å². The number of benzene rings is 2. The fourth-order valence-electron chi connectivity index (χ4n) is 6.96. The summed E-state index contributed by atoms with van der Waals surface area (Å²) in [5, 5.41) is 0. The number of carbonyl (C=O) groups is 1. The summed E-state index contributed by atoms with van der Waals surface area (Å²) < 4.78 is 13.6. The van der Waals surface area contributed by atoms with Crippen molar-refractivity contribution in [2.45, 2.75) is 76.4 Å². The highest BCUT2D eigenvalue weighted by molar-refractivity contribution is 5.83. The highest BCUT2D eigenvalue weighted by atomic mass is 35.5. The van der Waals surface area contributed by atoms with Crippen molar-refractivity contribution in [3.8, 4) is 0 Å². The normalized spacial score (nSPS) is 27.2. The Bertz CT molecular complexity index is 1190. The number of rotatable bonds is 5. The molecule has 1 saturated carbocycles. The first-order chi connectivity index (χ1) is 17.1. The quantitative estimate of drug-likeness (QED) is 0.302. The van der Waals surface area contributed by atoms with Crippen LogP contribution in [-0.4, -0.2) is 41.2 Å². The molecule has 192 valence electrons. The Labute approximate surface area is 220 Å². The zero-order chi connectivity index (χ0) is 23.9. The van der Waals surface area contributed by atoms with Gasteiger partial charge in [-0.15, -0.1) is 0 Å². The average molecular weight is 509 g/mol. The van der Waals surface area contributed by atoms with Crippen molar-refractivity contribution in [2.75, 3.05) is 19.6 Å². The summed E-state index contributed by atoms with van der Waals surface area (Å²) in [6, 6.07) is 16.6. The van der Waals surface area contributed by atoms with Crippen molar-refractivity contribution in [2.24, 2.45) is 5.92 Å². The lowest BCUT2D eigenvalue weighted by Gasteiger charge is -2.51. The number of carbonyl (C=O) groups excluding carboxylic acids is 1. The molecular weight excluding hydrogens is 472 g/mol. The number of ether oxygens (including phenoxy) is 1. The minimum Gasteiger partial charge on any atom is -1.00 e. The van der Waals surface area contributed by atoms with Gasteiger partial charge in [0.1, 0.15) is 12.1 Å². The van der Waals surface area contributed by atoms with Crippen LogP contribution in [0.2, 0.25) is 0 Å². The lowest BCUT2D eigenvalue weighted by Crippen LogP contribution is -3.00. The molecule has 5 nitrogen and oxygen atoms in total. The summed E-state index contributed by atoms with van der Waals surface area (Å²) in [4.78, 5) is 18.8. The van der Waals surface area contributed by atoms with E-state index in [9.17, 15) is 4.79 Å². The van der Waals surface area contributed by atoms with Gasteiger partial charge < -0.3 is 26.0 Å². The summed E-state index contributed by atoms with van der Waals surface area (Å²) in [6.07, 6.45) is 8.59. The Balaban J connectivity index is 0.00000267. The van der Waals surface area contributed by atoms with E-state index in [1.165, 1.54) is 18.4 Å². The highest BCUT2D eigenvalue weighted by Gasteiger charge is 2.50. The number of piperidine rings is 3. The first kappa shape index (κ1) is 25.3. The van der Waals surface area contributed by atoms with Crippen molar-refractivity contribution in [1.82, 2.24) is 4.98 Å². The van der Waals surface area contributed by atoms with Gasteiger partial charge in [-0.2, -0.15) is 0 Å². The third kappa shape index (κ3) is 4.68. The largest absolute Gasteiger partial charge is 1.00 e. The van der Waals surface area contributed by atoms with Gasteiger partial charge in [0.25, 0.3) is 5.89 Å². The monoisotopic (exact) mass is 508 g/mol. The third-order valence-corrected chi connectivity index (χ3v) is 9.03. The zero-order valence-corrected chi connectivity index (χ0v) is 22.0. The molecular formula is C30H37ClN2O3. The molecule has 36 heavy (non-hydrogen) atoms. The molecule has 1 unspecified atom stereocenters. The topological polar surface area (TPSA) is 52.3 Å². The van der Waals surface area contributed by atoms with Gasteiger partial charge in [-0.25, -0.2) is 4.98 Å². The van der Waals surface area contributed by atoms with Crippen LogP contribution >= 0.6 is 0 Å². The molecule has 3 aliphatic heterocycles. The molecule has 1 aromatic heterocycles. The second-order valence-electron chi connectivity index (χ2n) is 11.4. The van der Waals surface area contributed by atoms with E-state index in [2.05, 4.69) is 43.3 Å². The summed E-state index contributed by atoms with van der Waals surface area (Å²) >= 11 is 0. The van der Waals surface area contributed by atoms with Gasteiger partial charge in [0, 0.05) is 18.8 Å². The first-order valence-corrected chi connectivity index (χ1v) is 13.5. The van der Waals surface area contributed by atoms with Gasteiger partial charge in [-0.1, -0.05) is 62.1 Å². The van der Waals surface area contributed by atoms with Gasteiger partial charge in [0.2, 0.25) is 0 Å². The standard InChI is InChI=1S/C30H37N2O3.ClH/c1-22-11-12-25-26(19-22)34-28(31-25)21-32-17-13-23(14-18-32)27(20-32)35-29(33)30(15-7-2-3-8-16-30)24-9-5-4-6-10-24;/h4-6,9-12,19,23,27H,2-3,7-8,13-18,20-21H2,1H3;1H/q+1;/p-1. The third-order valence-electron chi connectivity index (χ3n) is 9.03. The van der Waals surface area contributed by atoms with Crippen molar-refractivity contribution in [3.63, 3.8) is 0 Å². The minimum atomic E-state index is -0.493. The number of aryl methyl sites for hydroxylation is 1. The smallest absolute Gasteiger partial charge is 0.317 e. The SMILES string of the molecule is Cc1ccc2nc(C[N+]34CCC(CC3)C(OC(=O)C3(c5ccccc5)CCCCCC3)C4)oc2c1.[Cl-]. The highest BCUT2D eigenvalue weighted by Crippen LogP contribution is 2.42.